The fourth-order valence-electron chi connectivity index (χ4n) is 7.44. The molecule has 3 heteroatoms. The number of hydrogen-bond acceptors (Lipinski definition) is 2. The first-order chi connectivity index (χ1) is 24.3. The van der Waals surface area contributed by atoms with Gasteiger partial charge in [-0.1, -0.05) is 127 Å². The number of para-hydroxylation sites is 2. The number of fused-ring (bicyclic) bond motifs is 7. The maximum Gasteiger partial charge on any atom is 0.160 e. The molecule has 0 radical (unpaired) electrons. The fourth-order valence-corrected chi connectivity index (χ4v) is 7.44. The van der Waals surface area contributed by atoms with Crippen molar-refractivity contribution in [2.24, 2.45) is 0 Å². The maximum atomic E-state index is 5.22. The molecule has 0 unspecified atom stereocenters. The predicted molar refractivity (Wildman–Crippen MR) is 205 cm³/mol. The average Bonchev–Trinajstić information content (AvgIpc) is 3.51. The molecular weight excluding hydrogens is 595 g/mol. The van der Waals surface area contributed by atoms with Crippen molar-refractivity contribution in [3.8, 4) is 39.6 Å². The molecule has 10 aromatic rings. The molecule has 0 amide bonds. The third-order valence-corrected chi connectivity index (χ3v) is 9.76. The molecular formula is C46H29N3. The molecule has 3 nitrogen and oxygen atoms in total. The summed E-state index contributed by atoms with van der Waals surface area (Å²) < 4.78 is 2.35. The number of aromatic nitrogens is 3. The van der Waals surface area contributed by atoms with E-state index in [0.717, 1.165) is 33.8 Å². The Morgan fingerprint density at radius 3 is 1.90 bits per heavy atom. The van der Waals surface area contributed by atoms with Gasteiger partial charge in [0.15, 0.2) is 5.82 Å². The minimum Gasteiger partial charge on any atom is -0.309 e. The molecule has 228 valence electrons. The summed E-state index contributed by atoms with van der Waals surface area (Å²) in [6.07, 6.45) is 0. The van der Waals surface area contributed by atoms with E-state index >= 15 is 0 Å². The highest BCUT2D eigenvalue weighted by Crippen LogP contribution is 2.38. The lowest BCUT2D eigenvalue weighted by atomic mass is 9.94. The minimum atomic E-state index is 0.712. The van der Waals surface area contributed by atoms with Gasteiger partial charge in [0.1, 0.15) is 0 Å². The van der Waals surface area contributed by atoms with Crippen molar-refractivity contribution in [1.29, 1.82) is 0 Å². The quantitative estimate of drug-likeness (QED) is 0.144. The number of rotatable bonds is 4. The standard InChI is InChI=1S/C46H29N3/c1-3-12-30(13-4-1)46-47-42(34-23-25-45-41(28-34)39-18-9-10-21-44(39)49(45)35-16-5-2-6-17-35)29-43(48-46)38-20-11-19-36-37(38)24-22-33-26-31-14-7-8-15-32(31)27-40(33)36/h1-29H. The Balaban J connectivity index is 1.20. The van der Waals surface area contributed by atoms with Gasteiger partial charge >= 0.3 is 0 Å². The Bertz CT molecular complexity index is 2870. The molecule has 0 aliphatic rings. The summed E-state index contributed by atoms with van der Waals surface area (Å²) in [4.78, 5) is 10.4. The largest absolute Gasteiger partial charge is 0.309 e. The van der Waals surface area contributed by atoms with Crippen LogP contribution >= 0.6 is 0 Å². The molecule has 0 N–H and O–H groups in total. The molecule has 0 aliphatic carbocycles. The van der Waals surface area contributed by atoms with Crippen LogP contribution in [0.25, 0.3) is 93.7 Å². The Hall–Kier alpha value is -6.58. The lowest BCUT2D eigenvalue weighted by Crippen LogP contribution is -1.97. The highest BCUT2D eigenvalue weighted by Gasteiger charge is 2.17. The van der Waals surface area contributed by atoms with Crippen LogP contribution in [0.3, 0.4) is 0 Å². The van der Waals surface area contributed by atoms with E-state index in [1.807, 2.05) is 18.2 Å². The molecule has 0 fully saturated rings. The van der Waals surface area contributed by atoms with E-state index < -0.39 is 0 Å². The molecule has 2 heterocycles. The van der Waals surface area contributed by atoms with Gasteiger partial charge in [0.25, 0.3) is 0 Å². The highest BCUT2D eigenvalue weighted by atomic mass is 15.0. The van der Waals surface area contributed by atoms with Gasteiger partial charge in [-0.3, -0.25) is 0 Å². The minimum absolute atomic E-state index is 0.712. The van der Waals surface area contributed by atoms with Crippen molar-refractivity contribution in [2.75, 3.05) is 0 Å². The zero-order valence-corrected chi connectivity index (χ0v) is 26.6. The van der Waals surface area contributed by atoms with Crippen LogP contribution in [0, 0.1) is 0 Å². The van der Waals surface area contributed by atoms with Crippen molar-refractivity contribution in [1.82, 2.24) is 14.5 Å². The van der Waals surface area contributed by atoms with Crippen LogP contribution in [0.2, 0.25) is 0 Å². The van der Waals surface area contributed by atoms with Crippen molar-refractivity contribution < 1.29 is 0 Å². The Kier molecular flexibility index (Phi) is 6.18. The van der Waals surface area contributed by atoms with E-state index in [2.05, 4.69) is 162 Å². The van der Waals surface area contributed by atoms with Gasteiger partial charge in [-0.2, -0.15) is 0 Å². The lowest BCUT2D eigenvalue weighted by molar-refractivity contribution is 1.18. The average molecular weight is 624 g/mol. The number of hydrogen-bond donors (Lipinski definition) is 0. The van der Waals surface area contributed by atoms with Crippen LogP contribution in [-0.2, 0) is 0 Å². The van der Waals surface area contributed by atoms with Gasteiger partial charge in [-0.25, -0.2) is 9.97 Å². The second-order valence-electron chi connectivity index (χ2n) is 12.6. The van der Waals surface area contributed by atoms with E-state index in [4.69, 9.17) is 9.97 Å². The van der Waals surface area contributed by atoms with E-state index in [0.29, 0.717) is 5.82 Å². The summed E-state index contributed by atoms with van der Waals surface area (Å²) in [5.74, 6) is 0.712. The summed E-state index contributed by atoms with van der Waals surface area (Å²) >= 11 is 0. The van der Waals surface area contributed by atoms with Gasteiger partial charge < -0.3 is 4.57 Å². The van der Waals surface area contributed by atoms with Gasteiger partial charge in [0.05, 0.1) is 22.4 Å². The van der Waals surface area contributed by atoms with Crippen molar-refractivity contribution in [3.63, 3.8) is 0 Å². The third-order valence-electron chi connectivity index (χ3n) is 9.76. The summed E-state index contributed by atoms with van der Waals surface area (Å²) in [6.45, 7) is 0. The monoisotopic (exact) mass is 623 g/mol. The Morgan fingerprint density at radius 2 is 1.04 bits per heavy atom. The van der Waals surface area contributed by atoms with Gasteiger partial charge in [0, 0.05) is 33.2 Å². The fraction of sp³-hybridized carbons (Fsp3) is 0. The van der Waals surface area contributed by atoms with E-state index in [9.17, 15) is 0 Å². The first-order valence-corrected chi connectivity index (χ1v) is 16.7. The van der Waals surface area contributed by atoms with Crippen LogP contribution in [0.4, 0.5) is 0 Å². The second kappa shape index (κ2) is 11.0. The topological polar surface area (TPSA) is 30.7 Å². The molecule has 0 saturated heterocycles. The summed E-state index contributed by atoms with van der Waals surface area (Å²) in [5.41, 5.74) is 8.44. The predicted octanol–water partition coefficient (Wildman–Crippen LogP) is 12.0. The van der Waals surface area contributed by atoms with E-state index in [1.165, 1.54) is 54.1 Å². The Morgan fingerprint density at radius 1 is 0.347 bits per heavy atom. The van der Waals surface area contributed by atoms with Crippen LogP contribution < -0.4 is 0 Å². The summed E-state index contributed by atoms with van der Waals surface area (Å²) in [7, 11) is 0. The zero-order chi connectivity index (χ0) is 32.3. The first kappa shape index (κ1) is 27.5. The van der Waals surface area contributed by atoms with Gasteiger partial charge in [0.2, 0.25) is 0 Å². The molecule has 0 bridgehead atoms. The summed E-state index contributed by atoms with van der Waals surface area (Å²) in [5, 5.41) is 9.79. The number of benzene rings is 8. The van der Waals surface area contributed by atoms with Crippen molar-refractivity contribution >= 4 is 54.1 Å². The molecule has 10 rings (SSSR count). The molecule has 0 spiro atoms. The number of nitrogens with zero attached hydrogens (tertiary/aromatic N) is 3. The maximum absolute atomic E-state index is 5.22. The lowest BCUT2D eigenvalue weighted by Gasteiger charge is -2.13. The Labute approximate surface area is 283 Å². The first-order valence-electron chi connectivity index (χ1n) is 16.7. The molecule has 49 heavy (non-hydrogen) atoms. The molecule has 0 saturated carbocycles. The molecule has 0 aliphatic heterocycles. The normalized spacial score (nSPS) is 11.7. The van der Waals surface area contributed by atoms with Crippen molar-refractivity contribution in [2.45, 2.75) is 0 Å². The molecule has 8 aromatic carbocycles. The van der Waals surface area contributed by atoms with Crippen LogP contribution in [0.1, 0.15) is 0 Å². The third kappa shape index (κ3) is 4.51. The van der Waals surface area contributed by atoms with E-state index in [1.54, 1.807) is 0 Å². The second-order valence-corrected chi connectivity index (χ2v) is 12.6. The van der Waals surface area contributed by atoms with Crippen LogP contribution in [-0.4, -0.2) is 14.5 Å². The zero-order valence-electron chi connectivity index (χ0n) is 26.6. The SMILES string of the molecule is c1ccc(-c2nc(-c3ccc4c(c3)c3ccccc3n4-c3ccccc3)cc(-c3cccc4c3ccc3cc5ccccc5cc34)n2)cc1. The molecule has 0 atom stereocenters. The van der Waals surface area contributed by atoms with Crippen molar-refractivity contribution in [3.05, 3.63) is 176 Å². The van der Waals surface area contributed by atoms with Gasteiger partial charge in [-0.05, 0) is 80.8 Å². The molecule has 2 aromatic heterocycles. The van der Waals surface area contributed by atoms with Crippen LogP contribution in [0.5, 0.6) is 0 Å². The highest BCUT2D eigenvalue weighted by molar-refractivity contribution is 6.15. The smallest absolute Gasteiger partial charge is 0.160 e. The van der Waals surface area contributed by atoms with E-state index in [-0.39, 0.29) is 0 Å². The van der Waals surface area contributed by atoms with Gasteiger partial charge in [-0.15, -0.1) is 0 Å². The summed E-state index contributed by atoms with van der Waals surface area (Å²) in [6, 6.07) is 62.6. The van der Waals surface area contributed by atoms with Crippen LogP contribution in [0.15, 0.2) is 176 Å².